The summed E-state index contributed by atoms with van der Waals surface area (Å²) in [6.07, 6.45) is -0.0203. The number of hydrogen-bond acceptors (Lipinski definition) is 4. The van der Waals surface area contributed by atoms with Crippen molar-refractivity contribution in [2.45, 2.75) is 38.7 Å². The number of aliphatic hydroxyl groups is 1. The third kappa shape index (κ3) is 7.54. The van der Waals surface area contributed by atoms with Crippen LogP contribution >= 0.6 is 34.8 Å². The van der Waals surface area contributed by atoms with Crippen LogP contribution in [0.1, 0.15) is 38.3 Å². The van der Waals surface area contributed by atoms with Gasteiger partial charge in [-0.15, -0.1) is 11.6 Å². The van der Waals surface area contributed by atoms with Gasteiger partial charge in [0.1, 0.15) is 18.5 Å². The van der Waals surface area contributed by atoms with Gasteiger partial charge in [0.05, 0.1) is 22.5 Å². The second-order valence-electron chi connectivity index (χ2n) is 7.67. The van der Waals surface area contributed by atoms with Gasteiger partial charge in [-0.05, 0) is 41.8 Å². The molecular weight excluding hydrogens is 479 g/mol. The Labute approximate surface area is 202 Å². The molecule has 2 atom stereocenters. The van der Waals surface area contributed by atoms with Gasteiger partial charge in [-0.1, -0.05) is 56.1 Å². The normalized spacial score (nSPS) is 13.6. The van der Waals surface area contributed by atoms with E-state index < -0.39 is 16.9 Å². The maximum Gasteiger partial charge on any atom is 0.156 e. The monoisotopic (exact) mass is 506 g/mol. The summed E-state index contributed by atoms with van der Waals surface area (Å²) in [5, 5.41) is 10.4. The van der Waals surface area contributed by atoms with Crippen LogP contribution in [0, 0.1) is 0 Å². The molecule has 0 aliphatic heterocycles. The first-order valence-electron chi connectivity index (χ1n) is 10.1. The molecule has 2 rings (SSSR count). The minimum atomic E-state index is -0.812. The fraction of sp³-hybridized carbons (Fsp3) is 0.478. The zero-order chi connectivity index (χ0) is 23.0. The summed E-state index contributed by atoms with van der Waals surface area (Å²) in [6.45, 7) is 6.63. The highest BCUT2D eigenvalue weighted by atomic mass is 35.5. The number of rotatable bonds is 12. The lowest BCUT2D eigenvalue weighted by Gasteiger charge is -2.27. The molecule has 0 bridgehead atoms. The van der Waals surface area contributed by atoms with Crippen molar-refractivity contribution in [2.24, 2.45) is 0 Å². The maximum absolute atomic E-state index is 11.5. The van der Waals surface area contributed by atoms with Gasteiger partial charge in [0, 0.05) is 27.7 Å². The molecule has 172 valence electrons. The molecule has 0 fully saturated rings. The Kier molecular flexibility index (Phi) is 10.4. The van der Waals surface area contributed by atoms with Gasteiger partial charge < -0.3 is 14.6 Å². The third-order valence-electron chi connectivity index (χ3n) is 5.00. The van der Waals surface area contributed by atoms with E-state index in [9.17, 15) is 9.32 Å². The lowest BCUT2D eigenvalue weighted by molar-refractivity contribution is 0.125. The van der Waals surface area contributed by atoms with Crippen LogP contribution in [0.4, 0.5) is 0 Å². The molecule has 0 radical (unpaired) electrons. The van der Waals surface area contributed by atoms with Crippen LogP contribution in [-0.4, -0.2) is 46.0 Å². The predicted octanol–water partition coefficient (Wildman–Crippen LogP) is 5.84. The van der Waals surface area contributed by atoms with Crippen molar-refractivity contribution in [1.29, 1.82) is 0 Å². The third-order valence-corrected chi connectivity index (χ3v) is 7.31. The van der Waals surface area contributed by atoms with Gasteiger partial charge in [0.25, 0.3) is 0 Å². The minimum Gasteiger partial charge on any atom is -0.491 e. The zero-order valence-electron chi connectivity index (χ0n) is 18.0. The Balaban J connectivity index is 2.11. The van der Waals surface area contributed by atoms with E-state index in [-0.39, 0.29) is 17.9 Å². The molecule has 0 heterocycles. The molecule has 0 aromatic heterocycles. The average Bonchev–Trinajstić information content (AvgIpc) is 2.76. The second-order valence-corrected chi connectivity index (χ2v) is 10.7. The SMILES string of the molecule is CCS(=O)CCCOc1c(Cl)cc(C(C)(C)c2ccc(OCC(O)CCl)cc2)cc1Cl. The number of aliphatic hydroxyl groups excluding tert-OH is 1. The lowest BCUT2D eigenvalue weighted by Crippen LogP contribution is -2.20. The number of hydrogen-bond donors (Lipinski definition) is 1. The molecule has 0 spiro atoms. The first-order chi connectivity index (χ1) is 14.7. The Morgan fingerprint density at radius 1 is 1.06 bits per heavy atom. The van der Waals surface area contributed by atoms with Gasteiger partial charge in [0.2, 0.25) is 0 Å². The topological polar surface area (TPSA) is 55.8 Å². The summed E-state index contributed by atoms with van der Waals surface area (Å²) in [6, 6.07) is 11.4. The van der Waals surface area contributed by atoms with Crippen molar-refractivity contribution in [1.82, 2.24) is 0 Å². The average molecular weight is 508 g/mol. The van der Waals surface area contributed by atoms with E-state index in [4.69, 9.17) is 44.3 Å². The van der Waals surface area contributed by atoms with Gasteiger partial charge in [0.15, 0.2) is 5.75 Å². The smallest absolute Gasteiger partial charge is 0.156 e. The second kappa shape index (κ2) is 12.3. The molecule has 2 aromatic rings. The highest BCUT2D eigenvalue weighted by molar-refractivity contribution is 7.84. The van der Waals surface area contributed by atoms with Crippen LogP contribution in [0.15, 0.2) is 36.4 Å². The maximum atomic E-state index is 11.5. The zero-order valence-corrected chi connectivity index (χ0v) is 21.1. The molecule has 0 saturated carbocycles. The fourth-order valence-corrected chi connectivity index (χ4v) is 4.38. The van der Waals surface area contributed by atoms with E-state index in [1.807, 2.05) is 43.3 Å². The molecular formula is C23H29Cl3O4S. The van der Waals surface area contributed by atoms with Crippen molar-refractivity contribution in [3.05, 3.63) is 57.6 Å². The molecule has 0 amide bonds. The Hall–Kier alpha value is -0.980. The van der Waals surface area contributed by atoms with Crippen LogP contribution < -0.4 is 9.47 Å². The van der Waals surface area contributed by atoms with E-state index in [1.165, 1.54) is 0 Å². The quantitative estimate of drug-likeness (QED) is 0.290. The van der Waals surface area contributed by atoms with E-state index in [1.54, 1.807) is 0 Å². The number of alkyl halides is 1. The molecule has 2 aromatic carbocycles. The Morgan fingerprint density at radius 2 is 1.68 bits per heavy atom. The summed E-state index contributed by atoms with van der Waals surface area (Å²) in [7, 11) is -0.812. The number of benzene rings is 2. The number of ether oxygens (including phenoxy) is 2. The van der Waals surface area contributed by atoms with Crippen molar-refractivity contribution < 1.29 is 18.8 Å². The summed E-state index contributed by atoms with van der Waals surface area (Å²) in [5.41, 5.74) is 1.65. The van der Waals surface area contributed by atoms with Crippen LogP contribution in [0.25, 0.3) is 0 Å². The molecule has 0 aliphatic carbocycles. The molecule has 0 saturated heterocycles. The van der Waals surface area contributed by atoms with Crippen molar-refractivity contribution in [3.63, 3.8) is 0 Å². The Bertz CT molecular complexity index is 849. The highest BCUT2D eigenvalue weighted by Crippen LogP contribution is 2.40. The minimum absolute atomic E-state index is 0.130. The van der Waals surface area contributed by atoms with E-state index in [2.05, 4.69) is 13.8 Å². The summed E-state index contributed by atoms with van der Waals surface area (Å²) < 4.78 is 22.8. The molecule has 1 N–H and O–H groups in total. The summed E-state index contributed by atoms with van der Waals surface area (Å²) in [4.78, 5) is 0. The van der Waals surface area contributed by atoms with Gasteiger partial charge in [-0.25, -0.2) is 0 Å². The van der Waals surface area contributed by atoms with Crippen LogP contribution in [0.3, 0.4) is 0 Å². The van der Waals surface area contributed by atoms with Gasteiger partial charge in [-0.3, -0.25) is 4.21 Å². The standard InChI is InChI=1S/C23H29Cl3O4S/c1-4-31(28)11-5-10-29-22-20(25)12-17(13-21(22)26)23(2,3)16-6-8-19(9-7-16)30-15-18(27)14-24/h6-9,12-13,18,27H,4-5,10-11,14-15H2,1-3H3. The van der Waals surface area contributed by atoms with Gasteiger partial charge in [-0.2, -0.15) is 0 Å². The number of halogens is 3. The van der Waals surface area contributed by atoms with Crippen molar-refractivity contribution >= 4 is 45.6 Å². The van der Waals surface area contributed by atoms with Gasteiger partial charge >= 0.3 is 0 Å². The summed E-state index contributed by atoms with van der Waals surface area (Å²) >= 11 is 18.6. The fourth-order valence-electron chi connectivity index (χ4n) is 2.97. The molecule has 0 aliphatic rings. The van der Waals surface area contributed by atoms with Crippen LogP contribution in [0.5, 0.6) is 11.5 Å². The summed E-state index contributed by atoms with van der Waals surface area (Å²) in [5.74, 6) is 2.49. The van der Waals surface area contributed by atoms with Crippen molar-refractivity contribution in [2.75, 3.05) is 30.6 Å². The van der Waals surface area contributed by atoms with Crippen molar-refractivity contribution in [3.8, 4) is 11.5 Å². The highest BCUT2D eigenvalue weighted by Gasteiger charge is 2.25. The lowest BCUT2D eigenvalue weighted by atomic mass is 9.78. The molecule has 8 heteroatoms. The van der Waals surface area contributed by atoms with E-state index in [0.717, 1.165) is 11.1 Å². The Morgan fingerprint density at radius 3 is 2.23 bits per heavy atom. The predicted molar refractivity (Wildman–Crippen MR) is 131 cm³/mol. The first kappa shape index (κ1) is 26.3. The molecule has 31 heavy (non-hydrogen) atoms. The van der Waals surface area contributed by atoms with E-state index in [0.29, 0.717) is 46.1 Å². The first-order valence-corrected chi connectivity index (χ1v) is 12.9. The van der Waals surface area contributed by atoms with Crippen LogP contribution in [0.2, 0.25) is 10.0 Å². The van der Waals surface area contributed by atoms with E-state index >= 15 is 0 Å². The molecule has 2 unspecified atom stereocenters. The largest absolute Gasteiger partial charge is 0.491 e. The molecule has 4 nitrogen and oxygen atoms in total. The van der Waals surface area contributed by atoms with Crippen LogP contribution in [-0.2, 0) is 16.2 Å².